The summed E-state index contributed by atoms with van der Waals surface area (Å²) in [5.41, 5.74) is 1.31. The first kappa shape index (κ1) is 16.7. The van der Waals surface area contributed by atoms with Crippen molar-refractivity contribution in [3.63, 3.8) is 0 Å². The molecule has 136 valence electrons. The number of hydrogen-bond donors (Lipinski definition) is 2. The molecule has 0 amide bonds. The molecule has 2 heterocycles. The molecule has 1 aliphatic carbocycles. The summed E-state index contributed by atoms with van der Waals surface area (Å²) < 4.78 is 40.7. The molecule has 1 aromatic carbocycles. The summed E-state index contributed by atoms with van der Waals surface area (Å²) in [5, 5.41) is 6.05. The van der Waals surface area contributed by atoms with Crippen molar-refractivity contribution in [1.29, 1.82) is 0 Å². The number of nitrogens with one attached hydrogen (secondary N) is 2. The molecule has 0 atom stereocenters. The lowest BCUT2D eigenvalue weighted by atomic mass is 10.2. The zero-order valence-electron chi connectivity index (χ0n) is 14.1. The average molecular weight is 361 g/mol. The van der Waals surface area contributed by atoms with Crippen molar-refractivity contribution in [1.82, 2.24) is 14.5 Å². The highest BCUT2D eigenvalue weighted by Crippen LogP contribution is 2.34. The number of pyridine rings is 1. The maximum Gasteiger partial charge on any atom is 0.416 e. The normalized spacial score (nSPS) is 14.6. The van der Waals surface area contributed by atoms with E-state index in [1.54, 1.807) is 12.3 Å². The fourth-order valence-electron chi connectivity index (χ4n) is 2.95. The highest BCUT2D eigenvalue weighted by Gasteiger charge is 2.30. The number of halogens is 3. The summed E-state index contributed by atoms with van der Waals surface area (Å²) in [4.78, 5) is 8.80. The molecule has 2 N–H and O–H groups in total. The molecule has 1 saturated carbocycles. The first-order valence-corrected chi connectivity index (χ1v) is 8.42. The molecule has 26 heavy (non-hydrogen) atoms. The second kappa shape index (κ2) is 6.19. The zero-order valence-corrected chi connectivity index (χ0v) is 14.1. The summed E-state index contributed by atoms with van der Waals surface area (Å²) in [5.74, 6) is 1.91. The molecule has 0 radical (unpaired) electrons. The second-order valence-corrected chi connectivity index (χ2v) is 6.50. The van der Waals surface area contributed by atoms with Gasteiger partial charge in [0.05, 0.1) is 17.3 Å². The van der Waals surface area contributed by atoms with Crippen molar-refractivity contribution in [2.75, 3.05) is 17.7 Å². The van der Waals surface area contributed by atoms with Gasteiger partial charge in [0, 0.05) is 25.3 Å². The molecule has 4 rings (SSSR count). The fourth-order valence-corrected chi connectivity index (χ4v) is 2.95. The molecule has 0 saturated heterocycles. The van der Waals surface area contributed by atoms with E-state index in [2.05, 4.69) is 25.2 Å². The summed E-state index contributed by atoms with van der Waals surface area (Å²) in [6, 6.07) is 6.91. The van der Waals surface area contributed by atoms with Gasteiger partial charge in [0.15, 0.2) is 0 Å². The first-order chi connectivity index (χ1) is 12.4. The van der Waals surface area contributed by atoms with E-state index in [9.17, 15) is 13.2 Å². The average Bonchev–Trinajstić information content (AvgIpc) is 3.36. The van der Waals surface area contributed by atoms with Crippen LogP contribution in [0.3, 0.4) is 0 Å². The van der Waals surface area contributed by atoms with E-state index in [-0.39, 0.29) is 0 Å². The predicted octanol–water partition coefficient (Wildman–Crippen LogP) is 4.65. The van der Waals surface area contributed by atoms with Gasteiger partial charge in [0.25, 0.3) is 0 Å². The Bertz CT molecular complexity index is 944. The Balaban J connectivity index is 1.67. The molecule has 0 bridgehead atoms. The lowest BCUT2D eigenvalue weighted by Crippen LogP contribution is -2.06. The van der Waals surface area contributed by atoms with Crippen LogP contribution in [0.5, 0.6) is 0 Å². The molecule has 1 fully saturated rings. The number of fused-ring (bicyclic) bond motifs is 1. The SMILES string of the molecule is CNc1nc2cnc(Nc3cccc(C(F)(F)F)c3)cc2n1CC1CC1. The fraction of sp³-hybridized carbons (Fsp3) is 0.333. The molecular formula is C18H18F3N5. The number of nitrogens with zero attached hydrogens (tertiary/aromatic N) is 3. The van der Waals surface area contributed by atoms with Gasteiger partial charge in [-0.1, -0.05) is 6.07 Å². The number of hydrogen-bond acceptors (Lipinski definition) is 4. The van der Waals surface area contributed by atoms with Crippen molar-refractivity contribution >= 4 is 28.5 Å². The summed E-state index contributed by atoms with van der Waals surface area (Å²) in [7, 11) is 1.82. The molecule has 5 nitrogen and oxygen atoms in total. The number of aromatic nitrogens is 3. The van der Waals surface area contributed by atoms with Crippen LogP contribution in [0.15, 0.2) is 36.5 Å². The van der Waals surface area contributed by atoms with Crippen LogP contribution in [0.1, 0.15) is 18.4 Å². The first-order valence-electron chi connectivity index (χ1n) is 8.42. The highest BCUT2D eigenvalue weighted by molar-refractivity contribution is 5.81. The Morgan fingerprint density at radius 2 is 2.04 bits per heavy atom. The van der Waals surface area contributed by atoms with E-state index in [1.165, 1.54) is 18.9 Å². The third-order valence-corrected chi connectivity index (χ3v) is 4.46. The molecule has 0 unspecified atom stereocenters. The Labute approximate surface area is 148 Å². The minimum atomic E-state index is -4.38. The van der Waals surface area contributed by atoms with Gasteiger partial charge in [-0.2, -0.15) is 13.2 Å². The largest absolute Gasteiger partial charge is 0.416 e. The van der Waals surface area contributed by atoms with Crippen molar-refractivity contribution in [2.24, 2.45) is 5.92 Å². The third kappa shape index (κ3) is 3.31. The van der Waals surface area contributed by atoms with Crippen molar-refractivity contribution in [3.05, 3.63) is 42.1 Å². The van der Waals surface area contributed by atoms with Crippen LogP contribution in [-0.4, -0.2) is 21.6 Å². The quantitative estimate of drug-likeness (QED) is 0.695. The van der Waals surface area contributed by atoms with Crippen LogP contribution >= 0.6 is 0 Å². The third-order valence-electron chi connectivity index (χ3n) is 4.46. The lowest BCUT2D eigenvalue weighted by Gasteiger charge is -2.11. The monoisotopic (exact) mass is 361 g/mol. The number of benzene rings is 1. The smallest absolute Gasteiger partial charge is 0.359 e. The van der Waals surface area contributed by atoms with Crippen LogP contribution in [0.25, 0.3) is 11.0 Å². The molecule has 8 heteroatoms. The topological polar surface area (TPSA) is 54.8 Å². The Kier molecular flexibility index (Phi) is 3.97. The molecule has 0 aliphatic heterocycles. The summed E-state index contributed by atoms with van der Waals surface area (Å²) in [6.45, 7) is 0.875. The van der Waals surface area contributed by atoms with Gasteiger partial charge in [-0.3, -0.25) is 0 Å². The number of alkyl halides is 3. The van der Waals surface area contributed by atoms with Crippen LogP contribution < -0.4 is 10.6 Å². The minimum Gasteiger partial charge on any atom is -0.359 e. The van der Waals surface area contributed by atoms with Crippen molar-refractivity contribution in [3.8, 4) is 0 Å². The van der Waals surface area contributed by atoms with Crippen molar-refractivity contribution in [2.45, 2.75) is 25.6 Å². The second-order valence-electron chi connectivity index (χ2n) is 6.50. The van der Waals surface area contributed by atoms with Gasteiger partial charge in [-0.15, -0.1) is 0 Å². The van der Waals surface area contributed by atoms with Gasteiger partial charge >= 0.3 is 6.18 Å². The van der Waals surface area contributed by atoms with Crippen LogP contribution in [0.4, 0.5) is 30.6 Å². The van der Waals surface area contributed by atoms with Gasteiger partial charge in [0.1, 0.15) is 11.3 Å². The molecule has 2 aromatic heterocycles. The van der Waals surface area contributed by atoms with Crippen LogP contribution in [-0.2, 0) is 12.7 Å². The van der Waals surface area contributed by atoms with Gasteiger partial charge in [-0.05, 0) is 37.0 Å². The summed E-state index contributed by atoms with van der Waals surface area (Å²) in [6.07, 6.45) is -0.318. The molecular weight excluding hydrogens is 343 g/mol. The van der Waals surface area contributed by atoms with E-state index in [1.807, 2.05) is 13.1 Å². The number of imidazole rings is 1. The maximum absolute atomic E-state index is 12.9. The Morgan fingerprint density at radius 3 is 2.73 bits per heavy atom. The molecule has 1 aliphatic rings. The Morgan fingerprint density at radius 1 is 1.23 bits per heavy atom. The van der Waals surface area contributed by atoms with Crippen molar-refractivity contribution < 1.29 is 13.2 Å². The van der Waals surface area contributed by atoms with Crippen LogP contribution in [0, 0.1) is 5.92 Å². The summed E-state index contributed by atoms with van der Waals surface area (Å²) >= 11 is 0. The van der Waals surface area contributed by atoms with E-state index < -0.39 is 11.7 Å². The number of rotatable bonds is 5. The van der Waals surface area contributed by atoms with Crippen LogP contribution in [0.2, 0.25) is 0 Å². The predicted molar refractivity (Wildman–Crippen MR) is 94.5 cm³/mol. The van der Waals surface area contributed by atoms with E-state index in [4.69, 9.17) is 0 Å². The minimum absolute atomic E-state index is 0.341. The van der Waals surface area contributed by atoms with Gasteiger partial charge < -0.3 is 15.2 Å². The number of anilines is 3. The van der Waals surface area contributed by atoms with E-state index in [0.29, 0.717) is 17.4 Å². The standard InChI is InChI=1S/C18H18F3N5/c1-22-17-25-14-9-23-16(8-15(14)26(17)10-11-5-6-11)24-13-4-2-3-12(7-13)18(19,20)21/h2-4,7-9,11H,5-6,10H2,1H3,(H,22,25)(H,23,24). The lowest BCUT2D eigenvalue weighted by molar-refractivity contribution is -0.137. The highest BCUT2D eigenvalue weighted by atomic mass is 19.4. The van der Waals surface area contributed by atoms with Gasteiger partial charge in [-0.25, -0.2) is 9.97 Å². The van der Waals surface area contributed by atoms with Gasteiger partial charge in [0.2, 0.25) is 5.95 Å². The molecule has 3 aromatic rings. The maximum atomic E-state index is 12.9. The zero-order chi connectivity index (χ0) is 18.3. The molecule has 0 spiro atoms. The van der Waals surface area contributed by atoms with E-state index >= 15 is 0 Å². The van der Waals surface area contributed by atoms with E-state index in [0.717, 1.165) is 35.7 Å². The Hall–Kier alpha value is -2.77.